The molecule has 2 aromatic carbocycles. The van der Waals surface area contributed by atoms with Gasteiger partial charge in [0.15, 0.2) is 5.76 Å². The van der Waals surface area contributed by atoms with E-state index in [1.807, 2.05) is 50.2 Å². The van der Waals surface area contributed by atoms with Crippen LogP contribution >= 0.6 is 0 Å². The van der Waals surface area contributed by atoms with Gasteiger partial charge in [-0.1, -0.05) is 12.1 Å². The lowest BCUT2D eigenvalue weighted by atomic mass is 10.0. The van der Waals surface area contributed by atoms with Crippen molar-refractivity contribution < 1.29 is 13.6 Å². The number of amides is 1. The number of nitrogens with one attached hydrogen (secondary N) is 1. The highest BCUT2D eigenvalue weighted by Gasteiger charge is 2.20. The average Bonchev–Trinajstić information content (AvgIpc) is 2.94. The lowest BCUT2D eigenvalue weighted by Crippen LogP contribution is -2.07. The first-order valence-corrected chi connectivity index (χ1v) is 8.28. The Balaban J connectivity index is 2.11. The number of rotatable bonds is 2. The van der Waals surface area contributed by atoms with Gasteiger partial charge < -0.3 is 14.2 Å². The molecule has 0 bridgehead atoms. The van der Waals surface area contributed by atoms with Crippen LogP contribution in [0.25, 0.3) is 33.3 Å². The molecule has 0 fully saturated rings. The second-order valence-electron chi connectivity index (χ2n) is 6.40. The highest BCUT2D eigenvalue weighted by molar-refractivity contribution is 6.08. The minimum atomic E-state index is -0.468. The van der Waals surface area contributed by atoms with Crippen LogP contribution in [-0.2, 0) is 4.79 Å². The quantitative estimate of drug-likeness (QED) is 0.530. The van der Waals surface area contributed by atoms with Gasteiger partial charge in [-0.15, -0.1) is 0 Å². The normalized spacial score (nSPS) is 11.2. The number of anilines is 1. The molecule has 0 saturated heterocycles. The number of hydrogen-bond acceptors (Lipinski definition) is 4. The number of aryl methyl sites for hydroxylation is 2. The van der Waals surface area contributed by atoms with Crippen molar-refractivity contribution in [3.63, 3.8) is 0 Å². The molecule has 130 valence electrons. The summed E-state index contributed by atoms with van der Waals surface area (Å²) in [5.41, 5.74) is 3.91. The third kappa shape index (κ3) is 2.58. The first-order chi connectivity index (χ1) is 12.4. The molecule has 5 heteroatoms. The zero-order valence-corrected chi connectivity index (χ0v) is 14.7. The second kappa shape index (κ2) is 5.88. The predicted molar refractivity (Wildman–Crippen MR) is 101 cm³/mol. The minimum absolute atomic E-state index is 0.211. The van der Waals surface area contributed by atoms with Crippen molar-refractivity contribution >= 4 is 33.5 Å². The van der Waals surface area contributed by atoms with Gasteiger partial charge in [0.1, 0.15) is 11.2 Å². The van der Waals surface area contributed by atoms with E-state index in [9.17, 15) is 9.59 Å². The van der Waals surface area contributed by atoms with E-state index < -0.39 is 5.63 Å². The van der Waals surface area contributed by atoms with E-state index in [2.05, 4.69) is 5.32 Å². The van der Waals surface area contributed by atoms with Gasteiger partial charge in [-0.25, -0.2) is 4.79 Å². The van der Waals surface area contributed by atoms with E-state index in [1.165, 1.54) is 13.0 Å². The fraction of sp³-hybridized carbons (Fsp3) is 0.143. The summed E-state index contributed by atoms with van der Waals surface area (Å²) in [5, 5.41) is 4.38. The monoisotopic (exact) mass is 347 g/mol. The number of carbonyl (C=O) groups is 1. The summed E-state index contributed by atoms with van der Waals surface area (Å²) in [6, 6.07) is 12.6. The molecule has 0 aliphatic heterocycles. The maximum atomic E-state index is 12.1. The van der Waals surface area contributed by atoms with E-state index in [1.54, 1.807) is 0 Å². The Morgan fingerprint density at radius 2 is 1.65 bits per heavy atom. The first-order valence-electron chi connectivity index (χ1n) is 8.28. The van der Waals surface area contributed by atoms with Gasteiger partial charge in [0.2, 0.25) is 5.91 Å². The van der Waals surface area contributed by atoms with Gasteiger partial charge >= 0.3 is 5.63 Å². The van der Waals surface area contributed by atoms with Crippen LogP contribution in [0.1, 0.15) is 18.1 Å². The third-order valence-electron chi connectivity index (χ3n) is 4.50. The van der Waals surface area contributed by atoms with Crippen LogP contribution in [-0.4, -0.2) is 5.91 Å². The number of furan rings is 1. The molecule has 5 nitrogen and oxygen atoms in total. The molecule has 2 aromatic heterocycles. The van der Waals surface area contributed by atoms with Crippen molar-refractivity contribution in [3.05, 3.63) is 64.0 Å². The van der Waals surface area contributed by atoms with E-state index in [4.69, 9.17) is 8.83 Å². The van der Waals surface area contributed by atoms with Gasteiger partial charge in [0.05, 0.1) is 5.69 Å². The molecule has 4 aromatic rings. The van der Waals surface area contributed by atoms with E-state index >= 15 is 0 Å². The molecule has 1 N–H and O–H groups in total. The summed E-state index contributed by atoms with van der Waals surface area (Å²) in [7, 11) is 0. The minimum Gasteiger partial charge on any atom is -0.454 e. The topological polar surface area (TPSA) is 72.5 Å². The third-order valence-corrected chi connectivity index (χ3v) is 4.50. The average molecular weight is 347 g/mol. The van der Waals surface area contributed by atoms with Crippen LogP contribution in [0.15, 0.2) is 56.1 Å². The Hall–Kier alpha value is -3.34. The molecule has 0 aliphatic carbocycles. The van der Waals surface area contributed by atoms with Gasteiger partial charge in [0.25, 0.3) is 0 Å². The highest BCUT2D eigenvalue weighted by Crippen LogP contribution is 2.40. The zero-order chi connectivity index (χ0) is 18.4. The molecular weight excluding hydrogens is 330 g/mol. The molecule has 0 spiro atoms. The van der Waals surface area contributed by atoms with Crippen molar-refractivity contribution in [2.45, 2.75) is 20.8 Å². The maximum absolute atomic E-state index is 12.1. The van der Waals surface area contributed by atoms with Crippen LogP contribution in [0.5, 0.6) is 0 Å². The SMILES string of the molecule is CC(=O)Nc1c(-c2cc(=O)oc3cc(C)c(C)cc23)oc2ccccc12. The predicted octanol–water partition coefficient (Wildman–Crippen LogP) is 4.78. The van der Waals surface area contributed by atoms with E-state index in [-0.39, 0.29) is 5.91 Å². The largest absolute Gasteiger partial charge is 0.454 e. The number of fused-ring (bicyclic) bond motifs is 2. The lowest BCUT2D eigenvalue weighted by Gasteiger charge is -2.08. The Morgan fingerprint density at radius 3 is 2.42 bits per heavy atom. The Bertz CT molecular complexity index is 1230. The van der Waals surface area contributed by atoms with Crippen LogP contribution < -0.4 is 10.9 Å². The summed E-state index contributed by atoms with van der Waals surface area (Å²) in [4.78, 5) is 23.9. The molecule has 0 saturated carbocycles. The van der Waals surface area contributed by atoms with Crippen molar-refractivity contribution in [1.82, 2.24) is 0 Å². The fourth-order valence-corrected chi connectivity index (χ4v) is 3.14. The number of carbonyl (C=O) groups excluding carboxylic acids is 1. The standard InChI is InChI=1S/C21H17NO4/c1-11-8-15-16(10-19(24)25-18(15)9-12(11)2)21-20(22-13(3)23)14-6-4-5-7-17(14)26-21/h4-10H,1-3H3,(H,22,23). The molecule has 0 radical (unpaired) electrons. The zero-order valence-electron chi connectivity index (χ0n) is 14.7. The molecular formula is C21H17NO4. The summed E-state index contributed by atoms with van der Waals surface area (Å²) in [6.07, 6.45) is 0. The maximum Gasteiger partial charge on any atom is 0.336 e. The van der Waals surface area contributed by atoms with Crippen molar-refractivity contribution in [2.24, 2.45) is 0 Å². The Morgan fingerprint density at radius 1 is 0.923 bits per heavy atom. The molecule has 4 rings (SSSR count). The van der Waals surface area contributed by atoms with Gasteiger partial charge in [0, 0.05) is 29.3 Å². The number of para-hydroxylation sites is 1. The summed E-state index contributed by atoms with van der Waals surface area (Å²) < 4.78 is 11.4. The first kappa shape index (κ1) is 16.1. The van der Waals surface area contributed by atoms with Crippen LogP contribution in [0.3, 0.4) is 0 Å². The molecule has 1 amide bonds. The molecule has 0 unspecified atom stereocenters. The molecule has 0 atom stereocenters. The van der Waals surface area contributed by atoms with E-state index in [0.717, 1.165) is 21.9 Å². The highest BCUT2D eigenvalue weighted by atomic mass is 16.4. The van der Waals surface area contributed by atoms with Gasteiger partial charge in [-0.2, -0.15) is 0 Å². The molecule has 0 aliphatic rings. The number of benzene rings is 2. The van der Waals surface area contributed by atoms with Crippen molar-refractivity contribution in [1.29, 1.82) is 0 Å². The summed E-state index contributed by atoms with van der Waals surface area (Å²) in [6.45, 7) is 5.40. The summed E-state index contributed by atoms with van der Waals surface area (Å²) in [5.74, 6) is 0.236. The Kier molecular flexibility index (Phi) is 3.65. The van der Waals surface area contributed by atoms with Gasteiger partial charge in [-0.3, -0.25) is 4.79 Å². The molecule has 2 heterocycles. The van der Waals surface area contributed by atoms with E-state index in [0.29, 0.717) is 28.2 Å². The lowest BCUT2D eigenvalue weighted by molar-refractivity contribution is -0.114. The van der Waals surface area contributed by atoms with Crippen LogP contribution in [0, 0.1) is 13.8 Å². The Labute approximate surface area is 149 Å². The fourth-order valence-electron chi connectivity index (χ4n) is 3.14. The van der Waals surface area contributed by atoms with Crippen LogP contribution in [0.2, 0.25) is 0 Å². The second-order valence-corrected chi connectivity index (χ2v) is 6.40. The summed E-state index contributed by atoms with van der Waals surface area (Å²) >= 11 is 0. The smallest absolute Gasteiger partial charge is 0.336 e. The number of hydrogen-bond donors (Lipinski definition) is 1. The van der Waals surface area contributed by atoms with Crippen molar-refractivity contribution in [2.75, 3.05) is 5.32 Å². The van der Waals surface area contributed by atoms with Gasteiger partial charge in [-0.05, 0) is 49.2 Å². The van der Waals surface area contributed by atoms with Crippen molar-refractivity contribution in [3.8, 4) is 11.3 Å². The van der Waals surface area contributed by atoms with Crippen LogP contribution in [0.4, 0.5) is 5.69 Å². The molecule has 26 heavy (non-hydrogen) atoms.